The first-order valence-corrected chi connectivity index (χ1v) is 6.19. The molecule has 0 radical (unpaired) electrons. The van der Waals surface area contributed by atoms with Crippen molar-refractivity contribution in [3.05, 3.63) is 29.1 Å². The van der Waals surface area contributed by atoms with Crippen LogP contribution in [0.1, 0.15) is 35.6 Å². The summed E-state index contributed by atoms with van der Waals surface area (Å²) in [6.07, 6.45) is 0. The monoisotopic (exact) mass is 264 g/mol. The molecule has 5 heteroatoms. The molecule has 1 heterocycles. The molecule has 0 bridgehead atoms. The predicted molar refractivity (Wildman–Crippen MR) is 71.8 cm³/mol. The molecule has 0 aliphatic rings. The lowest BCUT2D eigenvalue weighted by molar-refractivity contribution is -0.144. The first kappa shape index (κ1) is 15.1. The number of carbonyl (C=O) groups excluding carboxylic acids is 2. The molecule has 1 N–H and O–H groups in total. The van der Waals surface area contributed by atoms with Crippen molar-refractivity contribution in [2.75, 3.05) is 7.11 Å². The van der Waals surface area contributed by atoms with E-state index in [9.17, 15) is 9.59 Å². The Hall–Kier alpha value is -1.91. The average Bonchev–Trinajstić information content (AvgIpc) is 2.34. The molecule has 1 aromatic heterocycles. The Labute approximate surface area is 113 Å². The van der Waals surface area contributed by atoms with Gasteiger partial charge in [0.05, 0.1) is 18.4 Å². The largest absolute Gasteiger partial charge is 0.467 e. The Morgan fingerprint density at radius 2 is 1.89 bits per heavy atom. The molecular formula is C14H20N2O3. The van der Waals surface area contributed by atoms with Gasteiger partial charge in [0.25, 0.3) is 5.91 Å². The van der Waals surface area contributed by atoms with E-state index >= 15 is 0 Å². The molecule has 1 amide bonds. The van der Waals surface area contributed by atoms with Crippen LogP contribution in [0.4, 0.5) is 0 Å². The number of nitrogens with one attached hydrogen (secondary N) is 1. The lowest BCUT2D eigenvalue weighted by atomic mass is 10.0. The molecule has 0 aromatic carbocycles. The molecule has 0 aliphatic carbocycles. The number of methoxy groups -OCH3 is 1. The summed E-state index contributed by atoms with van der Waals surface area (Å²) in [5.74, 6) is -0.801. The number of carbonyl (C=O) groups is 2. The van der Waals surface area contributed by atoms with Crippen molar-refractivity contribution in [2.45, 2.75) is 33.7 Å². The van der Waals surface area contributed by atoms with E-state index in [0.29, 0.717) is 11.3 Å². The lowest BCUT2D eigenvalue weighted by Gasteiger charge is -2.20. The average molecular weight is 264 g/mol. The summed E-state index contributed by atoms with van der Waals surface area (Å²) >= 11 is 0. The van der Waals surface area contributed by atoms with E-state index < -0.39 is 12.0 Å². The summed E-state index contributed by atoms with van der Waals surface area (Å²) in [6, 6.07) is 2.82. The molecule has 1 rings (SSSR count). The van der Waals surface area contributed by atoms with Gasteiger partial charge in [-0.15, -0.1) is 0 Å². The van der Waals surface area contributed by atoms with Crippen molar-refractivity contribution in [1.29, 1.82) is 0 Å². The van der Waals surface area contributed by atoms with E-state index in [2.05, 4.69) is 10.3 Å². The summed E-state index contributed by atoms with van der Waals surface area (Å²) in [6.45, 7) is 7.33. The Morgan fingerprint density at radius 1 is 1.26 bits per heavy atom. The van der Waals surface area contributed by atoms with E-state index in [-0.39, 0.29) is 11.8 Å². The van der Waals surface area contributed by atoms with Gasteiger partial charge in [-0.25, -0.2) is 4.79 Å². The van der Waals surface area contributed by atoms with Gasteiger partial charge in [-0.05, 0) is 31.9 Å². The molecule has 1 unspecified atom stereocenters. The van der Waals surface area contributed by atoms with Gasteiger partial charge in [-0.2, -0.15) is 0 Å². The highest BCUT2D eigenvalue weighted by Gasteiger charge is 2.25. The van der Waals surface area contributed by atoms with Crippen LogP contribution in [0, 0.1) is 19.8 Å². The number of nitrogens with zero attached hydrogens (tertiary/aromatic N) is 1. The fraction of sp³-hybridized carbons (Fsp3) is 0.500. The Bertz CT molecular complexity index is 484. The highest BCUT2D eigenvalue weighted by molar-refractivity contribution is 5.97. The van der Waals surface area contributed by atoms with Crippen LogP contribution >= 0.6 is 0 Å². The van der Waals surface area contributed by atoms with E-state index in [1.165, 1.54) is 7.11 Å². The molecule has 1 aromatic rings. The van der Waals surface area contributed by atoms with Crippen LogP contribution in [0.15, 0.2) is 12.1 Å². The molecule has 0 saturated heterocycles. The molecule has 104 valence electrons. The molecule has 0 spiro atoms. The first-order chi connectivity index (χ1) is 8.86. The molecule has 5 nitrogen and oxygen atoms in total. The summed E-state index contributed by atoms with van der Waals surface area (Å²) in [5.41, 5.74) is 1.97. The Kier molecular flexibility index (Phi) is 5.03. The summed E-state index contributed by atoms with van der Waals surface area (Å²) < 4.78 is 4.69. The van der Waals surface area contributed by atoms with Crippen LogP contribution < -0.4 is 5.32 Å². The number of aromatic nitrogens is 1. The Balaban J connectivity index is 2.91. The maximum Gasteiger partial charge on any atom is 0.328 e. The number of pyridine rings is 1. The molecule has 0 fully saturated rings. The van der Waals surface area contributed by atoms with Crippen molar-refractivity contribution in [3.63, 3.8) is 0 Å². The van der Waals surface area contributed by atoms with E-state index in [1.807, 2.05) is 20.8 Å². The van der Waals surface area contributed by atoms with Crippen molar-refractivity contribution in [2.24, 2.45) is 5.92 Å². The van der Waals surface area contributed by atoms with Crippen LogP contribution in [0.5, 0.6) is 0 Å². The van der Waals surface area contributed by atoms with E-state index in [1.54, 1.807) is 19.1 Å². The highest BCUT2D eigenvalue weighted by atomic mass is 16.5. The normalized spacial score (nSPS) is 12.1. The molecule has 0 aliphatic heterocycles. The van der Waals surface area contributed by atoms with Crippen LogP contribution in [0.3, 0.4) is 0 Å². The molecular weight excluding hydrogens is 244 g/mol. The number of hydrogen-bond acceptors (Lipinski definition) is 4. The Morgan fingerprint density at radius 3 is 2.37 bits per heavy atom. The lowest BCUT2D eigenvalue weighted by Crippen LogP contribution is -2.45. The number of ether oxygens (including phenoxy) is 1. The quantitative estimate of drug-likeness (QED) is 0.839. The van der Waals surface area contributed by atoms with Crippen molar-refractivity contribution < 1.29 is 14.3 Å². The van der Waals surface area contributed by atoms with Gasteiger partial charge in [0.1, 0.15) is 6.04 Å². The third-order valence-corrected chi connectivity index (χ3v) is 2.88. The number of rotatable bonds is 4. The van der Waals surface area contributed by atoms with Gasteiger partial charge in [0, 0.05) is 5.69 Å². The van der Waals surface area contributed by atoms with E-state index in [4.69, 9.17) is 4.74 Å². The second kappa shape index (κ2) is 6.31. The predicted octanol–water partition coefficient (Wildman–Crippen LogP) is 1.63. The number of amides is 1. The van der Waals surface area contributed by atoms with E-state index in [0.717, 1.165) is 5.69 Å². The van der Waals surface area contributed by atoms with Crippen LogP contribution in [-0.4, -0.2) is 30.0 Å². The van der Waals surface area contributed by atoms with Gasteiger partial charge < -0.3 is 10.1 Å². The molecule has 19 heavy (non-hydrogen) atoms. The molecule has 0 saturated carbocycles. The van der Waals surface area contributed by atoms with Crippen molar-refractivity contribution in [1.82, 2.24) is 10.3 Å². The minimum Gasteiger partial charge on any atom is -0.467 e. The minimum atomic E-state index is -0.654. The third-order valence-electron chi connectivity index (χ3n) is 2.88. The highest BCUT2D eigenvalue weighted by Crippen LogP contribution is 2.09. The number of esters is 1. The second-order valence-corrected chi connectivity index (χ2v) is 4.80. The van der Waals surface area contributed by atoms with Gasteiger partial charge >= 0.3 is 5.97 Å². The second-order valence-electron chi connectivity index (χ2n) is 4.80. The number of hydrogen-bond donors (Lipinski definition) is 1. The summed E-state index contributed by atoms with van der Waals surface area (Å²) in [5, 5.41) is 2.69. The summed E-state index contributed by atoms with van der Waals surface area (Å²) in [7, 11) is 1.31. The van der Waals surface area contributed by atoms with Gasteiger partial charge in [-0.3, -0.25) is 9.78 Å². The zero-order valence-electron chi connectivity index (χ0n) is 12.0. The maximum absolute atomic E-state index is 12.2. The number of aryl methyl sites for hydroxylation is 2. The van der Waals surface area contributed by atoms with Gasteiger partial charge in [-0.1, -0.05) is 13.8 Å². The third kappa shape index (κ3) is 3.77. The first-order valence-electron chi connectivity index (χ1n) is 6.19. The van der Waals surface area contributed by atoms with Gasteiger partial charge in [0.2, 0.25) is 0 Å². The molecule has 1 atom stereocenters. The van der Waals surface area contributed by atoms with Crippen molar-refractivity contribution in [3.8, 4) is 0 Å². The maximum atomic E-state index is 12.2. The van der Waals surface area contributed by atoms with Gasteiger partial charge in [0.15, 0.2) is 0 Å². The summed E-state index contributed by atoms with van der Waals surface area (Å²) in [4.78, 5) is 28.0. The van der Waals surface area contributed by atoms with Crippen LogP contribution in [0.25, 0.3) is 0 Å². The SMILES string of the molecule is COC(=O)C(NC(=O)c1ccc(C)nc1C)C(C)C. The standard InChI is InChI=1S/C14H20N2O3/c1-8(2)12(14(18)19-5)16-13(17)11-7-6-9(3)15-10(11)4/h6-8,12H,1-5H3,(H,16,17). The zero-order valence-corrected chi connectivity index (χ0v) is 12.0. The van der Waals surface area contributed by atoms with Crippen LogP contribution in [0.2, 0.25) is 0 Å². The fourth-order valence-corrected chi connectivity index (χ4v) is 1.77. The van der Waals surface area contributed by atoms with Crippen LogP contribution in [-0.2, 0) is 9.53 Å². The fourth-order valence-electron chi connectivity index (χ4n) is 1.77. The minimum absolute atomic E-state index is 0.0462. The van der Waals surface area contributed by atoms with Crippen molar-refractivity contribution >= 4 is 11.9 Å². The zero-order chi connectivity index (χ0) is 14.6. The topological polar surface area (TPSA) is 68.3 Å². The smallest absolute Gasteiger partial charge is 0.328 e.